The zero-order valence-electron chi connectivity index (χ0n) is 12.8. The van der Waals surface area contributed by atoms with E-state index in [9.17, 15) is 4.79 Å². The molecular formula is C14H30N2O. The summed E-state index contributed by atoms with van der Waals surface area (Å²) in [4.78, 5) is 12.2. The summed E-state index contributed by atoms with van der Waals surface area (Å²) in [5, 5.41) is 3.02. The molecule has 0 aliphatic carbocycles. The molecule has 17 heavy (non-hydrogen) atoms. The van der Waals surface area contributed by atoms with Gasteiger partial charge in [-0.15, -0.1) is 0 Å². The Kier molecular flexibility index (Phi) is 4.80. The highest BCUT2D eigenvalue weighted by molar-refractivity contribution is 5.83. The van der Waals surface area contributed by atoms with Crippen molar-refractivity contribution in [2.75, 3.05) is 6.54 Å². The largest absolute Gasteiger partial charge is 0.355 e. The fourth-order valence-electron chi connectivity index (χ4n) is 1.07. The Morgan fingerprint density at radius 3 is 1.82 bits per heavy atom. The van der Waals surface area contributed by atoms with Crippen LogP contribution in [0.2, 0.25) is 0 Å². The Hall–Kier alpha value is -0.570. The zero-order chi connectivity index (χ0) is 14.1. The topological polar surface area (TPSA) is 55.1 Å². The fraction of sp³-hybridized carbons (Fsp3) is 0.929. The fourth-order valence-corrected chi connectivity index (χ4v) is 1.07. The molecule has 0 aliphatic heterocycles. The Balaban J connectivity index is 4.49. The summed E-state index contributed by atoms with van der Waals surface area (Å²) >= 11 is 0. The summed E-state index contributed by atoms with van der Waals surface area (Å²) in [5.41, 5.74) is 5.16. The van der Waals surface area contributed by atoms with Gasteiger partial charge in [-0.1, -0.05) is 27.7 Å². The van der Waals surface area contributed by atoms with Gasteiger partial charge in [0.2, 0.25) is 5.91 Å². The molecule has 0 saturated heterocycles. The van der Waals surface area contributed by atoms with Gasteiger partial charge in [0.15, 0.2) is 0 Å². The van der Waals surface area contributed by atoms with E-state index in [1.165, 1.54) is 0 Å². The number of carbonyl (C=O) groups is 1. The van der Waals surface area contributed by atoms with Crippen molar-refractivity contribution in [3.05, 3.63) is 0 Å². The summed E-state index contributed by atoms with van der Waals surface area (Å²) in [6.45, 7) is 17.0. The predicted molar refractivity (Wildman–Crippen MR) is 73.7 cm³/mol. The third kappa shape index (κ3) is 4.30. The standard InChI is InChI=1S/C14H30N2O/c1-10(12(2,3)4)9-16-11(17)13(5,6)14(7,8)15/h10H,9,15H2,1-8H3,(H,16,17). The van der Waals surface area contributed by atoms with Crippen LogP contribution in [-0.4, -0.2) is 18.0 Å². The molecule has 102 valence electrons. The van der Waals surface area contributed by atoms with E-state index in [0.717, 1.165) is 0 Å². The summed E-state index contributed by atoms with van der Waals surface area (Å²) in [6.07, 6.45) is 0. The molecular weight excluding hydrogens is 212 g/mol. The molecule has 0 radical (unpaired) electrons. The van der Waals surface area contributed by atoms with Crippen molar-refractivity contribution in [1.29, 1.82) is 0 Å². The molecule has 0 bridgehead atoms. The second-order valence-electron chi connectivity index (χ2n) is 7.32. The first-order chi connectivity index (χ1) is 7.30. The van der Waals surface area contributed by atoms with Gasteiger partial charge in [-0.05, 0) is 39.0 Å². The molecule has 1 unspecified atom stereocenters. The van der Waals surface area contributed by atoms with Crippen LogP contribution in [0.5, 0.6) is 0 Å². The van der Waals surface area contributed by atoms with Gasteiger partial charge in [0, 0.05) is 12.1 Å². The van der Waals surface area contributed by atoms with Crippen LogP contribution < -0.4 is 11.1 Å². The normalized spacial score (nSPS) is 15.6. The van der Waals surface area contributed by atoms with Crippen LogP contribution in [0.15, 0.2) is 0 Å². The van der Waals surface area contributed by atoms with Gasteiger partial charge < -0.3 is 11.1 Å². The molecule has 0 heterocycles. The molecule has 0 saturated carbocycles. The predicted octanol–water partition coefficient (Wildman–Crippen LogP) is 2.55. The summed E-state index contributed by atoms with van der Waals surface area (Å²) in [5.74, 6) is 0.462. The Labute approximate surface area is 107 Å². The van der Waals surface area contributed by atoms with E-state index < -0.39 is 11.0 Å². The first kappa shape index (κ1) is 16.4. The molecule has 1 atom stereocenters. The van der Waals surface area contributed by atoms with E-state index in [4.69, 9.17) is 5.73 Å². The van der Waals surface area contributed by atoms with E-state index in [1.807, 2.05) is 27.7 Å². The van der Waals surface area contributed by atoms with Crippen molar-refractivity contribution in [2.24, 2.45) is 22.5 Å². The number of hydrogen-bond donors (Lipinski definition) is 2. The molecule has 0 rings (SSSR count). The maximum Gasteiger partial charge on any atom is 0.227 e. The van der Waals surface area contributed by atoms with Crippen LogP contribution in [0, 0.1) is 16.7 Å². The van der Waals surface area contributed by atoms with Crippen molar-refractivity contribution >= 4 is 5.91 Å². The van der Waals surface area contributed by atoms with E-state index in [2.05, 4.69) is 33.0 Å². The van der Waals surface area contributed by atoms with E-state index in [1.54, 1.807) is 0 Å². The molecule has 0 fully saturated rings. The van der Waals surface area contributed by atoms with Crippen LogP contribution in [0.1, 0.15) is 55.4 Å². The van der Waals surface area contributed by atoms with Crippen LogP contribution in [-0.2, 0) is 4.79 Å². The minimum Gasteiger partial charge on any atom is -0.355 e. The Bertz CT molecular complexity index is 269. The number of hydrogen-bond acceptors (Lipinski definition) is 2. The SMILES string of the molecule is CC(CNC(=O)C(C)(C)C(C)(C)N)C(C)(C)C. The van der Waals surface area contributed by atoms with Crippen molar-refractivity contribution in [3.8, 4) is 0 Å². The minimum atomic E-state index is -0.565. The number of amides is 1. The molecule has 0 aliphatic rings. The second kappa shape index (κ2) is 4.97. The third-order valence-corrected chi connectivity index (χ3v) is 4.23. The van der Waals surface area contributed by atoms with Crippen molar-refractivity contribution in [3.63, 3.8) is 0 Å². The number of rotatable bonds is 4. The highest BCUT2D eigenvalue weighted by Crippen LogP contribution is 2.29. The Morgan fingerprint density at radius 1 is 1.12 bits per heavy atom. The van der Waals surface area contributed by atoms with Gasteiger partial charge in [-0.3, -0.25) is 4.79 Å². The highest BCUT2D eigenvalue weighted by Gasteiger charge is 2.40. The van der Waals surface area contributed by atoms with Gasteiger partial charge >= 0.3 is 0 Å². The molecule has 0 spiro atoms. The van der Waals surface area contributed by atoms with Crippen molar-refractivity contribution < 1.29 is 4.79 Å². The second-order valence-corrected chi connectivity index (χ2v) is 7.32. The zero-order valence-corrected chi connectivity index (χ0v) is 12.8. The average Bonchev–Trinajstić information content (AvgIpc) is 2.09. The van der Waals surface area contributed by atoms with Crippen LogP contribution in [0.4, 0.5) is 0 Å². The lowest BCUT2D eigenvalue weighted by Gasteiger charge is -2.37. The molecule has 1 amide bonds. The van der Waals surface area contributed by atoms with E-state index >= 15 is 0 Å². The van der Waals surface area contributed by atoms with E-state index in [-0.39, 0.29) is 11.3 Å². The van der Waals surface area contributed by atoms with Gasteiger partial charge in [-0.2, -0.15) is 0 Å². The minimum absolute atomic E-state index is 0.0288. The molecule has 3 N–H and O–H groups in total. The number of nitrogens with two attached hydrogens (primary N) is 1. The lowest BCUT2D eigenvalue weighted by atomic mass is 9.74. The lowest BCUT2D eigenvalue weighted by Crippen LogP contribution is -2.56. The molecule has 0 aromatic carbocycles. The van der Waals surface area contributed by atoms with Crippen LogP contribution in [0.3, 0.4) is 0 Å². The van der Waals surface area contributed by atoms with Gasteiger partial charge in [0.25, 0.3) is 0 Å². The smallest absolute Gasteiger partial charge is 0.227 e. The van der Waals surface area contributed by atoms with Crippen molar-refractivity contribution in [1.82, 2.24) is 5.32 Å². The van der Waals surface area contributed by atoms with Crippen molar-refractivity contribution in [2.45, 2.75) is 60.9 Å². The number of carbonyl (C=O) groups excluding carboxylic acids is 1. The number of nitrogens with one attached hydrogen (secondary N) is 1. The molecule has 3 heteroatoms. The van der Waals surface area contributed by atoms with Gasteiger partial charge in [-0.25, -0.2) is 0 Å². The summed E-state index contributed by atoms with van der Waals surface area (Å²) < 4.78 is 0. The van der Waals surface area contributed by atoms with Crippen LogP contribution in [0.25, 0.3) is 0 Å². The lowest BCUT2D eigenvalue weighted by molar-refractivity contribution is -0.132. The first-order valence-corrected chi connectivity index (χ1v) is 6.37. The van der Waals surface area contributed by atoms with Gasteiger partial charge in [0.1, 0.15) is 0 Å². The molecule has 0 aromatic heterocycles. The van der Waals surface area contributed by atoms with Crippen LogP contribution >= 0.6 is 0 Å². The molecule has 0 aromatic rings. The Morgan fingerprint density at radius 2 is 1.53 bits per heavy atom. The van der Waals surface area contributed by atoms with E-state index in [0.29, 0.717) is 12.5 Å². The third-order valence-electron chi connectivity index (χ3n) is 4.23. The summed E-state index contributed by atoms with van der Waals surface area (Å²) in [7, 11) is 0. The summed E-state index contributed by atoms with van der Waals surface area (Å²) in [6, 6.07) is 0. The highest BCUT2D eigenvalue weighted by atomic mass is 16.2. The quantitative estimate of drug-likeness (QED) is 0.796. The first-order valence-electron chi connectivity index (χ1n) is 6.37. The maximum atomic E-state index is 12.2. The average molecular weight is 242 g/mol. The maximum absolute atomic E-state index is 12.2. The van der Waals surface area contributed by atoms with Gasteiger partial charge in [0.05, 0.1) is 5.41 Å². The monoisotopic (exact) mass is 242 g/mol. The molecule has 3 nitrogen and oxygen atoms in total.